The van der Waals surface area contributed by atoms with Crippen molar-refractivity contribution in [3.05, 3.63) is 40.3 Å². The Bertz CT molecular complexity index is 505. The standard InChI is InChI=1S/C11H10N2OS2/c1-7-2-3-8(5-12-7)13-11(14)10-4-9(15)6-16-10/h2-6,15H,1H3,(H,13,14). The average Bonchev–Trinajstić information content (AvgIpc) is 2.68. The highest BCUT2D eigenvalue weighted by molar-refractivity contribution is 7.80. The van der Waals surface area contributed by atoms with Gasteiger partial charge in [0.15, 0.2) is 0 Å². The molecule has 0 spiro atoms. The topological polar surface area (TPSA) is 42.0 Å². The number of amides is 1. The van der Waals surface area contributed by atoms with Crippen LogP contribution in [-0.4, -0.2) is 10.9 Å². The largest absolute Gasteiger partial charge is 0.320 e. The van der Waals surface area contributed by atoms with E-state index in [1.165, 1.54) is 11.3 Å². The number of rotatable bonds is 2. The van der Waals surface area contributed by atoms with E-state index in [1.807, 2.05) is 24.4 Å². The molecule has 1 N–H and O–H groups in total. The van der Waals surface area contributed by atoms with E-state index in [-0.39, 0.29) is 5.91 Å². The molecule has 82 valence electrons. The van der Waals surface area contributed by atoms with Crippen molar-refractivity contribution in [3.8, 4) is 0 Å². The summed E-state index contributed by atoms with van der Waals surface area (Å²) in [4.78, 5) is 17.3. The first-order valence-corrected chi connectivity index (χ1v) is 5.99. The van der Waals surface area contributed by atoms with Gasteiger partial charge in [0.25, 0.3) is 5.91 Å². The fourth-order valence-electron chi connectivity index (χ4n) is 1.18. The van der Waals surface area contributed by atoms with Crippen LogP contribution in [-0.2, 0) is 0 Å². The number of nitrogens with one attached hydrogen (secondary N) is 1. The second-order valence-corrected chi connectivity index (χ2v) is 4.74. The van der Waals surface area contributed by atoms with E-state index in [9.17, 15) is 4.79 Å². The smallest absolute Gasteiger partial charge is 0.265 e. The van der Waals surface area contributed by atoms with E-state index in [2.05, 4.69) is 22.9 Å². The van der Waals surface area contributed by atoms with E-state index >= 15 is 0 Å². The molecule has 0 unspecified atom stereocenters. The third-order valence-electron chi connectivity index (χ3n) is 1.98. The van der Waals surface area contributed by atoms with E-state index in [4.69, 9.17) is 0 Å². The lowest BCUT2D eigenvalue weighted by Gasteiger charge is -2.02. The highest BCUT2D eigenvalue weighted by Gasteiger charge is 2.08. The Balaban J connectivity index is 2.10. The normalized spacial score (nSPS) is 10.1. The van der Waals surface area contributed by atoms with Crippen LogP contribution in [0, 0.1) is 6.92 Å². The number of carbonyl (C=O) groups is 1. The fourth-order valence-corrected chi connectivity index (χ4v) is 2.22. The second-order valence-electron chi connectivity index (χ2n) is 3.31. The number of anilines is 1. The maximum Gasteiger partial charge on any atom is 0.265 e. The Morgan fingerprint density at radius 3 is 2.88 bits per heavy atom. The molecule has 0 saturated carbocycles. The molecule has 0 aliphatic rings. The lowest BCUT2D eigenvalue weighted by Crippen LogP contribution is -2.10. The Morgan fingerprint density at radius 2 is 2.31 bits per heavy atom. The van der Waals surface area contributed by atoms with Crippen LogP contribution >= 0.6 is 24.0 Å². The highest BCUT2D eigenvalue weighted by Crippen LogP contribution is 2.19. The van der Waals surface area contributed by atoms with Crippen LogP contribution in [0.4, 0.5) is 5.69 Å². The molecule has 0 aliphatic heterocycles. The molecule has 3 nitrogen and oxygen atoms in total. The van der Waals surface area contributed by atoms with Gasteiger partial charge in [0.2, 0.25) is 0 Å². The summed E-state index contributed by atoms with van der Waals surface area (Å²) >= 11 is 5.53. The number of hydrogen-bond acceptors (Lipinski definition) is 4. The van der Waals surface area contributed by atoms with Crippen molar-refractivity contribution in [2.24, 2.45) is 0 Å². The zero-order valence-corrected chi connectivity index (χ0v) is 10.3. The van der Waals surface area contributed by atoms with Gasteiger partial charge in [-0.3, -0.25) is 9.78 Å². The van der Waals surface area contributed by atoms with Gasteiger partial charge < -0.3 is 5.32 Å². The third kappa shape index (κ3) is 2.62. The monoisotopic (exact) mass is 250 g/mol. The van der Waals surface area contributed by atoms with Crippen molar-refractivity contribution >= 4 is 35.6 Å². The predicted molar refractivity (Wildman–Crippen MR) is 68.5 cm³/mol. The number of aromatic nitrogens is 1. The fraction of sp³-hybridized carbons (Fsp3) is 0.0909. The Hall–Kier alpha value is -1.33. The van der Waals surface area contributed by atoms with Crippen LogP contribution < -0.4 is 5.32 Å². The number of hydrogen-bond donors (Lipinski definition) is 2. The third-order valence-corrected chi connectivity index (χ3v) is 3.34. The van der Waals surface area contributed by atoms with Crippen molar-refractivity contribution in [1.82, 2.24) is 4.98 Å². The molecule has 0 bridgehead atoms. The Morgan fingerprint density at radius 1 is 1.50 bits per heavy atom. The number of aryl methyl sites for hydroxylation is 1. The summed E-state index contributed by atoms with van der Waals surface area (Å²) in [5, 5.41) is 4.60. The number of nitrogens with zero attached hydrogens (tertiary/aromatic N) is 1. The van der Waals surface area contributed by atoms with Gasteiger partial charge in [-0.2, -0.15) is 0 Å². The Kier molecular flexibility index (Phi) is 3.26. The number of thiol groups is 1. The number of thiophene rings is 1. The zero-order valence-electron chi connectivity index (χ0n) is 8.60. The highest BCUT2D eigenvalue weighted by atomic mass is 32.1. The van der Waals surface area contributed by atoms with Gasteiger partial charge in [-0.15, -0.1) is 24.0 Å². The van der Waals surface area contributed by atoms with E-state index in [1.54, 1.807) is 12.3 Å². The molecule has 0 aromatic carbocycles. The van der Waals surface area contributed by atoms with Crippen LogP contribution in [0.5, 0.6) is 0 Å². The van der Waals surface area contributed by atoms with Crippen molar-refractivity contribution in [1.29, 1.82) is 0 Å². The predicted octanol–water partition coefficient (Wildman–Crippen LogP) is 2.99. The summed E-state index contributed by atoms with van der Waals surface area (Å²) in [6, 6.07) is 5.42. The van der Waals surface area contributed by atoms with Crippen molar-refractivity contribution in [2.45, 2.75) is 11.8 Å². The number of carbonyl (C=O) groups excluding carboxylic acids is 1. The summed E-state index contributed by atoms with van der Waals surface area (Å²) in [6.45, 7) is 1.90. The maximum atomic E-state index is 11.7. The molecule has 0 atom stereocenters. The van der Waals surface area contributed by atoms with E-state index in [0.29, 0.717) is 10.6 Å². The van der Waals surface area contributed by atoms with Crippen LogP contribution in [0.3, 0.4) is 0 Å². The lowest BCUT2D eigenvalue weighted by atomic mass is 10.3. The summed E-state index contributed by atoms with van der Waals surface area (Å²) in [5.41, 5.74) is 1.62. The van der Waals surface area contributed by atoms with Crippen molar-refractivity contribution < 1.29 is 4.79 Å². The molecule has 0 aliphatic carbocycles. The average molecular weight is 250 g/mol. The molecule has 0 fully saturated rings. The zero-order chi connectivity index (χ0) is 11.5. The first-order valence-electron chi connectivity index (χ1n) is 4.66. The molecule has 5 heteroatoms. The molecule has 0 radical (unpaired) electrons. The van der Waals surface area contributed by atoms with Crippen LogP contribution in [0.2, 0.25) is 0 Å². The van der Waals surface area contributed by atoms with E-state index in [0.717, 1.165) is 10.6 Å². The summed E-state index contributed by atoms with van der Waals surface area (Å²) in [6.07, 6.45) is 1.64. The second kappa shape index (κ2) is 4.67. The molecular formula is C11H10N2OS2. The van der Waals surface area contributed by atoms with E-state index < -0.39 is 0 Å². The summed E-state index contributed by atoms with van der Waals surface area (Å²) in [7, 11) is 0. The minimum Gasteiger partial charge on any atom is -0.320 e. The minimum atomic E-state index is -0.129. The van der Waals surface area contributed by atoms with Crippen LogP contribution in [0.15, 0.2) is 34.7 Å². The van der Waals surface area contributed by atoms with Crippen LogP contribution in [0.25, 0.3) is 0 Å². The molecule has 2 aromatic rings. The quantitative estimate of drug-likeness (QED) is 0.805. The molecule has 0 saturated heterocycles. The summed E-state index contributed by atoms with van der Waals surface area (Å²) in [5.74, 6) is -0.129. The number of pyridine rings is 1. The minimum absolute atomic E-state index is 0.129. The first kappa shape index (κ1) is 11.2. The summed E-state index contributed by atoms with van der Waals surface area (Å²) < 4.78 is 0. The molecule has 1 amide bonds. The van der Waals surface area contributed by atoms with Gasteiger partial charge in [-0.05, 0) is 25.1 Å². The lowest BCUT2D eigenvalue weighted by molar-refractivity contribution is 0.103. The molecule has 16 heavy (non-hydrogen) atoms. The van der Waals surface area contributed by atoms with Gasteiger partial charge in [-0.1, -0.05) is 0 Å². The SMILES string of the molecule is Cc1ccc(NC(=O)c2cc(S)cs2)cn1. The van der Waals surface area contributed by atoms with Gasteiger partial charge >= 0.3 is 0 Å². The first-order chi connectivity index (χ1) is 7.65. The van der Waals surface area contributed by atoms with Gasteiger partial charge in [-0.25, -0.2) is 0 Å². The van der Waals surface area contributed by atoms with Gasteiger partial charge in [0.1, 0.15) is 0 Å². The molecule has 2 aromatic heterocycles. The van der Waals surface area contributed by atoms with Crippen LogP contribution in [0.1, 0.15) is 15.4 Å². The van der Waals surface area contributed by atoms with Gasteiger partial charge in [0.05, 0.1) is 16.8 Å². The molecular weight excluding hydrogens is 240 g/mol. The van der Waals surface area contributed by atoms with Crippen molar-refractivity contribution in [2.75, 3.05) is 5.32 Å². The Labute approximate surface area is 103 Å². The van der Waals surface area contributed by atoms with Gasteiger partial charge in [0, 0.05) is 16.0 Å². The molecule has 2 heterocycles. The molecule has 2 rings (SSSR count). The van der Waals surface area contributed by atoms with Crippen molar-refractivity contribution in [3.63, 3.8) is 0 Å². The maximum absolute atomic E-state index is 11.7.